The number of nitrogens with zero attached hydrogens (tertiary/aromatic N) is 1. The highest BCUT2D eigenvalue weighted by molar-refractivity contribution is 6.31. The number of hydrogen-bond donors (Lipinski definition) is 1. The van der Waals surface area contributed by atoms with Gasteiger partial charge in [-0.15, -0.1) is 0 Å². The SMILES string of the molecule is Cc1ccccc1CN1C(=O)[C@](O)(CC(=O)c2cccc3ccccc23)c2cc(Cl)ccc21. The number of Topliss-reactive ketones (excluding diaryl/α,β-unsaturated/α-hetero) is 1. The largest absolute Gasteiger partial charge is 0.375 e. The number of aryl methyl sites for hydroxylation is 1. The molecule has 1 atom stereocenters. The number of anilines is 1. The van der Waals surface area contributed by atoms with Gasteiger partial charge in [0.1, 0.15) is 0 Å². The van der Waals surface area contributed by atoms with Gasteiger partial charge >= 0.3 is 0 Å². The molecule has 0 aliphatic carbocycles. The summed E-state index contributed by atoms with van der Waals surface area (Å²) in [5, 5.41) is 13.8. The Labute approximate surface area is 197 Å². The van der Waals surface area contributed by atoms with E-state index < -0.39 is 11.5 Å². The average Bonchev–Trinajstić information content (AvgIpc) is 3.01. The summed E-state index contributed by atoms with van der Waals surface area (Å²) in [6.45, 7) is 2.28. The second-order valence-electron chi connectivity index (χ2n) is 8.47. The number of halogens is 1. The van der Waals surface area contributed by atoms with Gasteiger partial charge in [0, 0.05) is 16.1 Å². The molecule has 5 rings (SSSR count). The minimum atomic E-state index is -1.99. The van der Waals surface area contributed by atoms with Crippen molar-refractivity contribution in [1.82, 2.24) is 0 Å². The van der Waals surface area contributed by atoms with E-state index in [2.05, 4.69) is 0 Å². The summed E-state index contributed by atoms with van der Waals surface area (Å²) in [4.78, 5) is 28.6. The summed E-state index contributed by atoms with van der Waals surface area (Å²) in [5.41, 5.74) is 1.44. The van der Waals surface area contributed by atoms with E-state index in [1.54, 1.807) is 29.2 Å². The predicted octanol–water partition coefficient (Wildman–Crippen LogP) is 5.81. The van der Waals surface area contributed by atoms with E-state index in [-0.39, 0.29) is 12.2 Å². The van der Waals surface area contributed by atoms with E-state index in [0.717, 1.165) is 21.9 Å². The summed E-state index contributed by atoms with van der Waals surface area (Å²) in [5.74, 6) is -0.817. The van der Waals surface area contributed by atoms with Crippen LogP contribution in [0.2, 0.25) is 5.02 Å². The third-order valence-corrected chi connectivity index (χ3v) is 6.63. The number of ketones is 1. The van der Waals surface area contributed by atoms with Crippen LogP contribution in [-0.2, 0) is 16.9 Å². The Morgan fingerprint density at radius 2 is 1.70 bits per heavy atom. The van der Waals surface area contributed by atoms with E-state index in [9.17, 15) is 14.7 Å². The molecule has 0 saturated heterocycles. The number of benzene rings is 4. The van der Waals surface area contributed by atoms with Gasteiger partial charge in [-0.1, -0.05) is 78.3 Å². The van der Waals surface area contributed by atoms with Gasteiger partial charge in [-0.3, -0.25) is 9.59 Å². The van der Waals surface area contributed by atoms with Crippen LogP contribution in [0.4, 0.5) is 5.69 Å². The lowest BCUT2D eigenvalue weighted by Crippen LogP contribution is -2.41. The molecule has 1 aliphatic rings. The van der Waals surface area contributed by atoms with Crippen molar-refractivity contribution in [2.24, 2.45) is 0 Å². The second-order valence-corrected chi connectivity index (χ2v) is 8.90. The molecule has 0 fully saturated rings. The molecule has 4 nitrogen and oxygen atoms in total. The maximum atomic E-state index is 13.6. The normalized spacial score (nSPS) is 17.4. The highest BCUT2D eigenvalue weighted by atomic mass is 35.5. The Bertz CT molecular complexity index is 1410. The molecule has 4 aromatic rings. The molecule has 1 heterocycles. The van der Waals surface area contributed by atoms with Crippen molar-refractivity contribution in [1.29, 1.82) is 0 Å². The molecule has 0 spiro atoms. The zero-order chi connectivity index (χ0) is 23.2. The first-order chi connectivity index (χ1) is 15.9. The third-order valence-electron chi connectivity index (χ3n) is 6.39. The number of amides is 1. The van der Waals surface area contributed by atoms with Gasteiger partial charge in [-0.2, -0.15) is 0 Å². The molecular weight excluding hydrogens is 434 g/mol. The lowest BCUT2D eigenvalue weighted by atomic mass is 9.87. The number of rotatable bonds is 5. The maximum Gasteiger partial charge on any atom is 0.264 e. The first-order valence-electron chi connectivity index (χ1n) is 10.8. The molecule has 5 heteroatoms. The van der Waals surface area contributed by atoms with Crippen LogP contribution in [0.25, 0.3) is 10.8 Å². The topological polar surface area (TPSA) is 57.6 Å². The fourth-order valence-corrected chi connectivity index (χ4v) is 4.78. The van der Waals surface area contributed by atoms with Gasteiger partial charge < -0.3 is 10.0 Å². The maximum absolute atomic E-state index is 13.6. The average molecular weight is 456 g/mol. The van der Waals surface area contributed by atoms with Crippen LogP contribution in [0.5, 0.6) is 0 Å². The molecule has 0 aromatic heterocycles. The van der Waals surface area contributed by atoms with Crippen LogP contribution in [0.15, 0.2) is 84.9 Å². The Morgan fingerprint density at radius 3 is 2.52 bits per heavy atom. The fourth-order valence-electron chi connectivity index (χ4n) is 4.60. The molecule has 1 aliphatic heterocycles. The van der Waals surface area contributed by atoms with Crippen molar-refractivity contribution >= 4 is 39.8 Å². The lowest BCUT2D eigenvalue weighted by Gasteiger charge is -2.23. The fraction of sp³-hybridized carbons (Fsp3) is 0.143. The molecule has 0 radical (unpaired) electrons. The molecule has 4 aromatic carbocycles. The third kappa shape index (κ3) is 3.62. The molecule has 33 heavy (non-hydrogen) atoms. The molecule has 1 N–H and O–H groups in total. The summed E-state index contributed by atoms with van der Waals surface area (Å²) >= 11 is 6.24. The Balaban J connectivity index is 1.55. The van der Waals surface area contributed by atoms with E-state index in [4.69, 9.17) is 11.6 Å². The van der Waals surface area contributed by atoms with Crippen molar-refractivity contribution in [3.8, 4) is 0 Å². The van der Waals surface area contributed by atoms with Crippen LogP contribution >= 0.6 is 11.6 Å². The van der Waals surface area contributed by atoms with Crippen LogP contribution in [0.3, 0.4) is 0 Å². The molecule has 0 unspecified atom stereocenters. The first kappa shape index (κ1) is 21.4. The summed E-state index contributed by atoms with van der Waals surface area (Å²) in [6.07, 6.45) is -0.364. The van der Waals surface area contributed by atoms with Crippen LogP contribution < -0.4 is 4.90 Å². The molecule has 0 saturated carbocycles. The van der Waals surface area contributed by atoms with Gasteiger partial charge in [0.2, 0.25) is 0 Å². The highest BCUT2D eigenvalue weighted by Gasteiger charge is 2.51. The van der Waals surface area contributed by atoms with Crippen LogP contribution in [0, 0.1) is 6.92 Å². The number of carbonyl (C=O) groups excluding carboxylic acids is 2. The minimum Gasteiger partial charge on any atom is -0.375 e. The number of fused-ring (bicyclic) bond motifs is 2. The second kappa shape index (κ2) is 8.14. The summed E-state index contributed by atoms with van der Waals surface area (Å²) in [6, 6.07) is 25.9. The van der Waals surface area contributed by atoms with Gasteiger partial charge in [0.25, 0.3) is 5.91 Å². The van der Waals surface area contributed by atoms with E-state index in [1.807, 2.05) is 67.6 Å². The van der Waals surface area contributed by atoms with Crippen molar-refractivity contribution in [3.05, 3.63) is 112 Å². The van der Waals surface area contributed by atoms with Crippen LogP contribution in [0.1, 0.15) is 33.5 Å². The van der Waals surface area contributed by atoms with Crippen LogP contribution in [-0.4, -0.2) is 16.8 Å². The van der Waals surface area contributed by atoms with E-state index in [0.29, 0.717) is 28.4 Å². The standard InChI is InChI=1S/C28H22ClNO3/c1-18-7-2-3-9-20(18)17-30-25-14-13-21(29)15-24(25)28(33,27(30)32)16-26(31)23-12-6-10-19-8-4-5-11-22(19)23/h2-15,33H,16-17H2,1H3/t28-/m0/s1. The summed E-state index contributed by atoms with van der Waals surface area (Å²) < 4.78 is 0. The van der Waals surface area contributed by atoms with Gasteiger partial charge in [0.15, 0.2) is 11.4 Å². The zero-order valence-corrected chi connectivity index (χ0v) is 18.8. The van der Waals surface area contributed by atoms with Gasteiger partial charge in [0.05, 0.1) is 18.7 Å². The van der Waals surface area contributed by atoms with E-state index >= 15 is 0 Å². The number of aliphatic hydroxyl groups is 1. The van der Waals surface area contributed by atoms with Crippen molar-refractivity contribution in [2.75, 3.05) is 4.90 Å². The first-order valence-corrected chi connectivity index (χ1v) is 11.2. The quantitative estimate of drug-likeness (QED) is 0.386. The Kier molecular flexibility index (Phi) is 5.28. The van der Waals surface area contributed by atoms with Gasteiger partial charge in [-0.05, 0) is 47.0 Å². The smallest absolute Gasteiger partial charge is 0.264 e. The minimum absolute atomic E-state index is 0.297. The van der Waals surface area contributed by atoms with E-state index in [1.165, 1.54) is 0 Å². The van der Waals surface area contributed by atoms with Crippen molar-refractivity contribution < 1.29 is 14.7 Å². The predicted molar refractivity (Wildman–Crippen MR) is 131 cm³/mol. The molecule has 0 bridgehead atoms. The van der Waals surface area contributed by atoms with Gasteiger partial charge in [-0.25, -0.2) is 0 Å². The monoisotopic (exact) mass is 455 g/mol. The number of carbonyl (C=O) groups is 2. The highest BCUT2D eigenvalue weighted by Crippen LogP contribution is 2.45. The molecule has 164 valence electrons. The number of hydrogen-bond acceptors (Lipinski definition) is 3. The summed E-state index contributed by atoms with van der Waals surface area (Å²) in [7, 11) is 0. The Morgan fingerprint density at radius 1 is 0.970 bits per heavy atom. The lowest BCUT2D eigenvalue weighted by molar-refractivity contribution is -0.136. The molecule has 1 amide bonds. The Hall–Kier alpha value is -3.47. The van der Waals surface area contributed by atoms with Crippen molar-refractivity contribution in [2.45, 2.75) is 25.5 Å². The van der Waals surface area contributed by atoms with Crippen molar-refractivity contribution in [3.63, 3.8) is 0 Å². The zero-order valence-electron chi connectivity index (χ0n) is 18.1. The molecular formula is C28H22ClNO3.